The van der Waals surface area contributed by atoms with Gasteiger partial charge in [-0.3, -0.25) is 9.59 Å². The number of anilines is 1. The highest BCUT2D eigenvalue weighted by Crippen LogP contribution is 2.24. The van der Waals surface area contributed by atoms with Crippen molar-refractivity contribution in [3.05, 3.63) is 24.3 Å². The van der Waals surface area contributed by atoms with Crippen LogP contribution in [0.15, 0.2) is 24.3 Å². The number of carbonyl (C=O) groups is 2. The van der Waals surface area contributed by atoms with Crippen molar-refractivity contribution >= 4 is 17.5 Å². The molecule has 0 radical (unpaired) electrons. The molecular formula is C17H25N3O4+2. The molecule has 7 nitrogen and oxygen atoms in total. The van der Waals surface area contributed by atoms with Gasteiger partial charge in [-0.2, -0.15) is 0 Å². The molecule has 2 fully saturated rings. The maximum atomic E-state index is 12.8. The number of hydrogen-bond acceptors (Lipinski definition) is 4. The summed E-state index contributed by atoms with van der Waals surface area (Å²) in [4.78, 5) is 29.0. The largest absolute Gasteiger partial charge is 0.497 e. The van der Waals surface area contributed by atoms with Crippen LogP contribution in [0.25, 0.3) is 0 Å². The van der Waals surface area contributed by atoms with Gasteiger partial charge in [-0.15, -0.1) is 0 Å². The molecule has 1 atom stereocenters. The van der Waals surface area contributed by atoms with Gasteiger partial charge in [0.2, 0.25) is 5.91 Å². The van der Waals surface area contributed by atoms with Crippen LogP contribution in [0.1, 0.15) is 6.42 Å². The minimum atomic E-state index is -0.282. The minimum absolute atomic E-state index is 0.106. The highest BCUT2D eigenvalue weighted by molar-refractivity contribution is 6.21. The zero-order valence-corrected chi connectivity index (χ0v) is 14.0. The predicted octanol–water partition coefficient (Wildman–Crippen LogP) is -2.90. The van der Waals surface area contributed by atoms with E-state index < -0.39 is 0 Å². The molecule has 2 saturated heterocycles. The number of hydrogen-bond donors (Lipinski definition) is 3. The van der Waals surface area contributed by atoms with Gasteiger partial charge < -0.3 is 19.6 Å². The molecule has 0 spiro atoms. The number of rotatable bonds is 5. The summed E-state index contributed by atoms with van der Waals surface area (Å²) in [5, 5.41) is 9.03. The molecule has 0 saturated carbocycles. The van der Waals surface area contributed by atoms with Crippen molar-refractivity contribution in [3.63, 3.8) is 0 Å². The van der Waals surface area contributed by atoms with Crippen LogP contribution in [0.3, 0.4) is 0 Å². The average molecular weight is 335 g/mol. The number of methoxy groups -OCH3 is 1. The Hall–Kier alpha value is -1.96. The summed E-state index contributed by atoms with van der Waals surface area (Å²) in [6.45, 7) is 4.51. The molecule has 130 valence electrons. The Kier molecular flexibility index (Phi) is 5.13. The maximum absolute atomic E-state index is 12.8. The molecule has 2 heterocycles. The lowest BCUT2D eigenvalue weighted by molar-refractivity contribution is -1.02. The van der Waals surface area contributed by atoms with E-state index in [-0.39, 0.29) is 30.9 Å². The van der Waals surface area contributed by atoms with Crippen LogP contribution < -0.4 is 19.4 Å². The standard InChI is InChI=1S/C17H23N3O4/c1-24-14-4-2-13(3-5-14)20-16(22)12-15(17(20)23)19-8-6-18(7-9-19)10-11-21/h2-5,15,21H,6-12H2,1H3/p+2/t15-/m1/s1. The summed E-state index contributed by atoms with van der Waals surface area (Å²) in [7, 11) is 1.58. The van der Waals surface area contributed by atoms with E-state index in [1.165, 1.54) is 14.7 Å². The van der Waals surface area contributed by atoms with Gasteiger partial charge in [0.05, 0.1) is 25.8 Å². The van der Waals surface area contributed by atoms with Gasteiger partial charge in [-0.05, 0) is 24.3 Å². The Morgan fingerprint density at radius 1 is 1.17 bits per heavy atom. The second-order valence-corrected chi connectivity index (χ2v) is 6.40. The summed E-state index contributed by atoms with van der Waals surface area (Å²) in [6, 6.07) is 6.72. The number of quaternary nitrogens is 2. The molecule has 2 amide bonds. The molecule has 2 aliphatic heterocycles. The first-order valence-corrected chi connectivity index (χ1v) is 8.44. The number of amides is 2. The van der Waals surface area contributed by atoms with E-state index in [2.05, 4.69) is 0 Å². The number of imide groups is 1. The first kappa shape index (κ1) is 16.9. The van der Waals surface area contributed by atoms with E-state index in [4.69, 9.17) is 9.84 Å². The first-order valence-electron chi connectivity index (χ1n) is 8.44. The normalized spacial score (nSPS) is 27.6. The molecule has 1 aromatic rings. The quantitative estimate of drug-likeness (QED) is 0.505. The van der Waals surface area contributed by atoms with E-state index in [0.717, 1.165) is 32.7 Å². The van der Waals surface area contributed by atoms with Crippen molar-refractivity contribution in [2.45, 2.75) is 12.5 Å². The zero-order valence-electron chi connectivity index (χ0n) is 14.0. The third kappa shape index (κ3) is 3.28. The van der Waals surface area contributed by atoms with E-state index in [1.807, 2.05) is 0 Å². The van der Waals surface area contributed by atoms with Crippen LogP contribution in [0.5, 0.6) is 5.75 Å². The topological polar surface area (TPSA) is 75.7 Å². The van der Waals surface area contributed by atoms with Crippen LogP contribution in [-0.2, 0) is 9.59 Å². The number of nitrogens with one attached hydrogen (secondary N) is 2. The van der Waals surface area contributed by atoms with Crippen LogP contribution in [0, 0.1) is 0 Å². The molecule has 24 heavy (non-hydrogen) atoms. The SMILES string of the molecule is COc1ccc(N2C(=O)C[C@@H]([NH+]3CC[NH+](CCO)CC3)C2=O)cc1. The highest BCUT2D eigenvalue weighted by atomic mass is 16.5. The molecule has 1 aromatic carbocycles. The van der Waals surface area contributed by atoms with Crippen molar-refractivity contribution in [1.29, 1.82) is 0 Å². The summed E-state index contributed by atoms with van der Waals surface area (Å²) >= 11 is 0. The number of ether oxygens (including phenoxy) is 1. The Balaban J connectivity index is 1.68. The number of aliphatic hydroxyl groups excluding tert-OH is 1. The molecule has 0 bridgehead atoms. The summed E-state index contributed by atoms with van der Waals surface area (Å²) < 4.78 is 5.12. The number of benzene rings is 1. The molecule has 7 heteroatoms. The van der Waals surface area contributed by atoms with E-state index in [0.29, 0.717) is 11.4 Å². The fourth-order valence-electron chi connectivity index (χ4n) is 3.63. The number of carbonyl (C=O) groups excluding carboxylic acids is 2. The van der Waals surface area contributed by atoms with Crippen molar-refractivity contribution in [2.24, 2.45) is 0 Å². The summed E-state index contributed by atoms with van der Waals surface area (Å²) in [6.07, 6.45) is 0.273. The van der Waals surface area contributed by atoms with Crippen molar-refractivity contribution in [2.75, 3.05) is 51.3 Å². The lowest BCUT2D eigenvalue weighted by atomic mass is 10.1. The van der Waals surface area contributed by atoms with Gasteiger partial charge in [0.1, 0.15) is 38.5 Å². The molecule has 2 aliphatic rings. The van der Waals surface area contributed by atoms with Crippen LogP contribution in [0.2, 0.25) is 0 Å². The lowest BCUT2D eigenvalue weighted by Crippen LogP contribution is -3.30. The minimum Gasteiger partial charge on any atom is -0.497 e. The third-order valence-electron chi connectivity index (χ3n) is 5.03. The summed E-state index contributed by atoms with van der Waals surface area (Å²) in [5.41, 5.74) is 0.609. The predicted molar refractivity (Wildman–Crippen MR) is 87.2 cm³/mol. The first-order chi connectivity index (χ1) is 11.6. The van der Waals surface area contributed by atoms with E-state index >= 15 is 0 Å². The molecule has 3 rings (SSSR count). The highest BCUT2D eigenvalue weighted by Gasteiger charge is 2.46. The average Bonchev–Trinajstić information content (AvgIpc) is 2.90. The molecular weight excluding hydrogens is 310 g/mol. The zero-order chi connectivity index (χ0) is 17.1. The molecule has 0 aliphatic carbocycles. The Morgan fingerprint density at radius 2 is 1.83 bits per heavy atom. The molecule has 3 N–H and O–H groups in total. The smallest absolute Gasteiger partial charge is 0.292 e. The monoisotopic (exact) mass is 335 g/mol. The van der Waals surface area contributed by atoms with Crippen LogP contribution in [0.4, 0.5) is 5.69 Å². The van der Waals surface area contributed by atoms with Crippen LogP contribution >= 0.6 is 0 Å². The van der Waals surface area contributed by atoms with Gasteiger partial charge >= 0.3 is 0 Å². The number of nitrogens with zero attached hydrogens (tertiary/aromatic N) is 1. The summed E-state index contributed by atoms with van der Waals surface area (Å²) in [5.74, 6) is 0.460. The Labute approximate surface area is 141 Å². The second-order valence-electron chi connectivity index (χ2n) is 6.40. The van der Waals surface area contributed by atoms with Crippen molar-refractivity contribution in [1.82, 2.24) is 0 Å². The van der Waals surface area contributed by atoms with Gasteiger partial charge in [0.25, 0.3) is 5.91 Å². The van der Waals surface area contributed by atoms with Gasteiger partial charge in [-0.25, -0.2) is 4.90 Å². The lowest BCUT2D eigenvalue weighted by Gasteiger charge is -2.31. The Morgan fingerprint density at radius 3 is 2.42 bits per heavy atom. The number of piperazine rings is 1. The van der Waals surface area contributed by atoms with Gasteiger partial charge in [0.15, 0.2) is 6.04 Å². The molecule has 0 unspecified atom stereocenters. The van der Waals surface area contributed by atoms with Gasteiger partial charge in [-0.1, -0.05) is 0 Å². The Bertz CT molecular complexity index is 596. The van der Waals surface area contributed by atoms with Gasteiger partial charge in [0, 0.05) is 0 Å². The molecule has 0 aromatic heterocycles. The van der Waals surface area contributed by atoms with E-state index in [1.54, 1.807) is 31.4 Å². The fraction of sp³-hybridized carbons (Fsp3) is 0.529. The maximum Gasteiger partial charge on any atom is 0.292 e. The third-order valence-corrected chi connectivity index (χ3v) is 5.03. The van der Waals surface area contributed by atoms with Crippen molar-refractivity contribution < 1.29 is 29.2 Å². The van der Waals surface area contributed by atoms with Crippen LogP contribution in [-0.4, -0.2) is 69.4 Å². The van der Waals surface area contributed by atoms with Crippen molar-refractivity contribution in [3.8, 4) is 5.75 Å². The second kappa shape index (κ2) is 7.29. The van der Waals surface area contributed by atoms with E-state index in [9.17, 15) is 9.59 Å². The fourth-order valence-corrected chi connectivity index (χ4v) is 3.63. The number of aliphatic hydroxyl groups is 1.